The third kappa shape index (κ3) is 6.43. The molecule has 172 valence electrons. The molecule has 1 unspecified atom stereocenters. The van der Waals surface area contributed by atoms with Gasteiger partial charge in [-0.3, -0.25) is 4.79 Å². The Kier molecular flexibility index (Phi) is 7.56. The van der Waals surface area contributed by atoms with Crippen LogP contribution in [0.4, 0.5) is 25.7 Å². The van der Waals surface area contributed by atoms with Crippen LogP contribution in [0.2, 0.25) is 0 Å². The standard InChI is InChI=1S/C25H21FN4O2S2/c1-16(23(31)30-25-29-22(15-33-25)17-7-9-18(26)10-8-17)34-21-13-11-20(12-14-21)28-24(32)27-19-5-3-2-4-6-19/h2-16H,1H3,(H2,27,28,32)(H,29,30,31). The number of amides is 3. The minimum Gasteiger partial charge on any atom is -0.308 e. The highest BCUT2D eigenvalue weighted by Crippen LogP contribution is 2.28. The Bertz CT molecular complexity index is 1260. The Hall–Kier alpha value is -3.69. The minimum atomic E-state index is -0.363. The van der Waals surface area contributed by atoms with Crippen molar-refractivity contribution in [1.82, 2.24) is 4.98 Å². The summed E-state index contributed by atoms with van der Waals surface area (Å²) in [5.74, 6) is -0.480. The highest BCUT2D eigenvalue weighted by atomic mass is 32.2. The summed E-state index contributed by atoms with van der Waals surface area (Å²) >= 11 is 2.72. The Labute approximate surface area is 204 Å². The highest BCUT2D eigenvalue weighted by molar-refractivity contribution is 8.00. The van der Waals surface area contributed by atoms with Gasteiger partial charge in [0.25, 0.3) is 0 Å². The first-order valence-corrected chi connectivity index (χ1v) is 12.1. The SMILES string of the molecule is CC(Sc1ccc(NC(=O)Nc2ccccc2)cc1)C(=O)Nc1nc(-c2ccc(F)cc2)cs1. The van der Waals surface area contributed by atoms with E-state index in [4.69, 9.17) is 0 Å². The quantitative estimate of drug-likeness (QED) is 0.250. The Morgan fingerprint density at radius 2 is 1.53 bits per heavy atom. The number of carbonyl (C=O) groups is 2. The summed E-state index contributed by atoms with van der Waals surface area (Å²) in [5.41, 5.74) is 2.81. The molecule has 4 rings (SSSR count). The molecule has 0 bridgehead atoms. The van der Waals surface area contributed by atoms with Crippen molar-refractivity contribution in [1.29, 1.82) is 0 Å². The lowest BCUT2D eigenvalue weighted by Gasteiger charge is -2.11. The zero-order valence-corrected chi connectivity index (χ0v) is 19.8. The molecule has 1 atom stereocenters. The maximum absolute atomic E-state index is 13.1. The average Bonchev–Trinajstić information content (AvgIpc) is 3.30. The number of aromatic nitrogens is 1. The van der Waals surface area contributed by atoms with Crippen LogP contribution in [0.5, 0.6) is 0 Å². The van der Waals surface area contributed by atoms with Crippen molar-refractivity contribution in [2.24, 2.45) is 0 Å². The second-order valence-electron chi connectivity index (χ2n) is 7.26. The fourth-order valence-corrected chi connectivity index (χ4v) is 4.57. The van der Waals surface area contributed by atoms with E-state index in [9.17, 15) is 14.0 Å². The molecule has 4 aromatic rings. The normalized spacial score (nSPS) is 11.5. The molecule has 0 fully saturated rings. The first kappa shape index (κ1) is 23.5. The van der Waals surface area contributed by atoms with Crippen molar-refractivity contribution in [3.05, 3.63) is 90.1 Å². The summed E-state index contributed by atoms with van der Waals surface area (Å²) in [6.45, 7) is 1.81. The van der Waals surface area contributed by atoms with E-state index in [0.717, 1.165) is 10.5 Å². The minimum absolute atomic E-state index is 0.172. The summed E-state index contributed by atoms with van der Waals surface area (Å²) in [7, 11) is 0. The van der Waals surface area contributed by atoms with E-state index < -0.39 is 0 Å². The molecule has 1 heterocycles. The lowest BCUT2D eigenvalue weighted by Crippen LogP contribution is -2.22. The van der Waals surface area contributed by atoms with Gasteiger partial charge >= 0.3 is 6.03 Å². The van der Waals surface area contributed by atoms with Crippen LogP contribution in [0.25, 0.3) is 11.3 Å². The number of carbonyl (C=O) groups excluding carboxylic acids is 2. The molecule has 6 nitrogen and oxygen atoms in total. The molecular weight excluding hydrogens is 471 g/mol. The molecule has 0 saturated heterocycles. The lowest BCUT2D eigenvalue weighted by atomic mass is 10.2. The van der Waals surface area contributed by atoms with E-state index in [2.05, 4.69) is 20.9 Å². The number of para-hydroxylation sites is 1. The van der Waals surface area contributed by atoms with Crippen LogP contribution in [-0.4, -0.2) is 22.2 Å². The van der Waals surface area contributed by atoms with Crippen LogP contribution in [-0.2, 0) is 4.79 Å². The maximum atomic E-state index is 13.1. The molecule has 3 N–H and O–H groups in total. The second-order valence-corrected chi connectivity index (χ2v) is 9.54. The summed E-state index contributed by atoms with van der Waals surface area (Å²) in [6.07, 6.45) is 0. The van der Waals surface area contributed by atoms with Crippen molar-refractivity contribution in [2.45, 2.75) is 17.1 Å². The van der Waals surface area contributed by atoms with Crippen LogP contribution in [0.3, 0.4) is 0 Å². The number of thiazole rings is 1. The molecule has 34 heavy (non-hydrogen) atoms. The molecule has 0 spiro atoms. The number of nitrogens with one attached hydrogen (secondary N) is 3. The number of halogens is 1. The number of hydrogen-bond acceptors (Lipinski definition) is 5. The Morgan fingerprint density at radius 1 is 0.882 bits per heavy atom. The molecule has 1 aromatic heterocycles. The first-order chi connectivity index (χ1) is 16.5. The molecule has 3 amide bonds. The summed E-state index contributed by atoms with van der Waals surface area (Å²) in [5, 5.41) is 10.3. The van der Waals surface area contributed by atoms with E-state index >= 15 is 0 Å². The third-order valence-electron chi connectivity index (χ3n) is 4.70. The molecule has 0 aliphatic heterocycles. The number of hydrogen-bond donors (Lipinski definition) is 3. The second kappa shape index (κ2) is 11.0. The van der Waals surface area contributed by atoms with Crippen molar-refractivity contribution < 1.29 is 14.0 Å². The van der Waals surface area contributed by atoms with Gasteiger partial charge in [-0.2, -0.15) is 0 Å². The number of urea groups is 1. The van der Waals surface area contributed by atoms with Crippen LogP contribution in [0.15, 0.2) is 89.1 Å². The molecule has 0 saturated carbocycles. The van der Waals surface area contributed by atoms with E-state index in [1.165, 1.54) is 35.2 Å². The van der Waals surface area contributed by atoms with Crippen LogP contribution >= 0.6 is 23.1 Å². The number of nitrogens with zero attached hydrogens (tertiary/aromatic N) is 1. The van der Waals surface area contributed by atoms with Gasteiger partial charge < -0.3 is 16.0 Å². The number of rotatable bonds is 7. The molecule has 0 radical (unpaired) electrons. The summed E-state index contributed by atoms with van der Waals surface area (Å²) in [4.78, 5) is 30.0. The lowest BCUT2D eigenvalue weighted by molar-refractivity contribution is -0.115. The van der Waals surface area contributed by atoms with Crippen LogP contribution in [0, 0.1) is 5.82 Å². The smallest absolute Gasteiger partial charge is 0.308 e. The average molecular weight is 493 g/mol. The van der Waals surface area contributed by atoms with Gasteiger partial charge in [-0.25, -0.2) is 14.2 Å². The summed E-state index contributed by atoms with van der Waals surface area (Å²) in [6, 6.07) is 22.2. The van der Waals surface area contributed by atoms with Gasteiger partial charge in [-0.15, -0.1) is 23.1 Å². The third-order valence-corrected chi connectivity index (χ3v) is 6.57. The van der Waals surface area contributed by atoms with Crippen LogP contribution < -0.4 is 16.0 Å². The van der Waals surface area contributed by atoms with Gasteiger partial charge in [-0.05, 0) is 67.6 Å². The van der Waals surface area contributed by atoms with Gasteiger partial charge in [0, 0.05) is 27.2 Å². The summed E-state index contributed by atoms with van der Waals surface area (Å²) < 4.78 is 13.1. The van der Waals surface area contributed by atoms with Crippen molar-refractivity contribution in [3.63, 3.8) is 0 Å². The molecule has 0 aliphatic rings. The van der Waals surface area contributed by atoms with Gasteiger partial charge in [0.2, 0.25) is 5.91 Å². The van der Waals surface area contributed by atoms with E-state index in [-0.39, 0.29) is 23.0 Å². The van der Waals surface area contributed by atoms with Crippen molar-refractivity contribution in [2.75, 3.05) is 16.0 Å². The van der Waals surface area contributed by atoms with Gasteiger partial charge in [-0.1, -0.05) is 18.2 Å². The highest BCUT2D eigenvalue weighted by Gasteiger charge is 2.16. The topological polar surface area (TPSA) is 83.1 Å². The first-order valence-electron chi connectivity index (χ1n) is 10.4. The Balaban J connectivity index is 1.28. The van der Waals surface area contributed by atoms with Gasteiger partial charge in [0.1, 0.15) is 5.82 Å². The Morgan fingerprint density at radius 3 is 2.21 bits per heavy atom. The predicted molar refractivity (Wildman–Crippen MR) is 137 cm³/mol. The zero-order chi connectivity index (χ0) is 23.9. The zero-order valence-electron chi connectivity index (χ0n) is 18.1. The van der Waals surface area contributed by atoms with Gasteiger partial charge in [0.05, 0.1) is 10.9 Å². The largest absolute Gasteiger partial charge is 0.323 e. The van der Waals surface area contributed by atoms with Gasteiger partial charge in [0.15, 0.2) is 5.13 Å². The maximum Gasteiger partial charge on any atom is 0.323 e. The number of thioether (sulfide) groups is 1. The van der Waals surface area contributed by atoms with Crippen LogP contribution in [0.1, 0.15) is 6.92 Å². The van der Waals surface area contributed by atoms with E-state index in [1.54, 1.807) is 36.4 Å². The number of benzene rings is 3. The predicted octanol–water partition coefficient (Wildman–Crippen LogP) is 6.71. The molecule has 9 heteroatoms. The molecular formula is C25H21FN4O2S2. The molecule has 0 aliphatic carbocycles. The fourth-order valence-electron chi connectivity index (χ4n) is 2.98. The van der Waals surface area contributed by atoms with E-state index in [0.29, 0.717) is 22.2 Å². The molecule has 3 aromatic carbocycles. The van der Waals surface area contributed by atoms with Crippen molar-refractivity contribution in [3.8, 4) is 11.3 Å². The van der Waals surface area contributed by atoms with Crippen molar-refractivity contribution >= 4 is 51.5 Å². The fraction of sp³-hybridized carbons (Fsp3) is 0.0800. The monoisotopic (exact) mass is 492 g/mol. The van der Waals surface area contributed by atoms with E-state index in [1.807, 2.05) is 42.6 Å². The number of anilines is 3.